The Labute approximate surface area is 56.2 Å². The third-order valence-corrected chi connectivity index (χ3v) is 0.919. The molecule has 0 aliphatic carbocycles. The highest BCUT2D eigenvalue weighted by Gasteiger charge is 1.76. The van der Waals surface area contributed by atoms with Crippen molar-refractivity contribution in [2.45, 2.75) is 13.8 Å². The molecule has 0 aliphatic rings. The van der Waals surface area contributed by atoms with Gasteiger partial charge in [-0.15, -0.1) is 0 Å². The van der Waals surface area contributed by atoms with E-state index in [-0.39, 0.29) is 0 Å². The minimum Gasteiger partial charge on any atom is -0.501 e. The molecule has 0 atom stereocenters. The Hall–Kier alpha value is -0.790. The minimum atomic E-state index is 0.827. The molecule has 52 valence electrons. The molecule has 0 bridgehead atoms. The first-order valence-electron chi connectivity index (χ1n) is 3.02. The summed E-state index contributed by atoms with van der Waals surface area (Å²) in [7, 11) is 1.64. The summed E-state index contributed by atoms with van der Waals surface area (Å²) < 4.78 is 4.87. The first-order chi connectivity index (χ1) is 4.31. The van der Waals surface area contributed by atoms with Crippen LogP contribution in [0.25, 0.3) is 0 Å². The van der Waals surface area contributed by atoms with Crippen LogP contribution in [0.4, 0.5) is 0 Å². The standard InChI is InChI=1S/C7H13NO/c1-4-8-6-5-7(2)9-3/h5-6H,4H2,1-3H3/b7-5+,8-6?. The summed E-state index contributed by atoms with van der Waals surface area (Å²) >= 11 is 0. The molecule has 0 spiro atoms. The fraction of sp³-hybridized carbons (Fsp3) is 0.571. The van der Waals surface area contributed by atoms with Crippen LogP contribution in [-0.4, -0.2) is 19.9 Å². The van der Waals surface area contributed by atoms with Crippen molar-refractivity contribution in [1.82, 2.24) is 0 Å². The van der Waals surface area contributed by atoms with E-state index in [2.05, 4.69) is 4.99 Å². The van der Waals surface area contributed by atoms with Crippen LogP contribution in [0.2, 0.25) is 0 Å². The Morgan fingerprint density at radius 1 is 1.67 bits per heavy atom. The Kier molecular flexibility index (Phi) is 4.88. The van der Waals surface area contributed by atoms with E-state index in [1.165, 1.54) is 0 Å². The number of ether oxygens (including phenoxy) is 1. The zero-order valence-electron chi connectivity index (χ0n) is 6.22. The van der Waals surface area contributed by atoms with E-state index in [0.29, 0.717) is 0 Å². The number of hydrogen-bond acceptors (Lipinski definition) is 2. The Morgan fingerprint density at radius 2 is 2.33 bits per heavy atom. The smallest absolute Gasteiger partial charge is 0.0939 e. The molecule has 9 heavy (non-hydrogen) atoms. The van der Waals surface area contributed by atoms with E-state index < -0.39 is 0 Å². The van der Waals surface area contributed by atoms with E-state index in [4.69, 9.17) is 4.74 Å². The number of hydrogen-bond donors (Lipinski definition) is 0. The summed E-state index contributed by atoms with van der Waals surface area (Å²) in [6.07, 6.45) is 3.59. The number of rotatable bonds is 3. The third kappa shape index (κ3) is 5.07. The molecule has 0 heterocycles. The molecule has 0 aromatic rings. The van der Waals surface area contributed by atoms with Crippen LogP contribution in [0, 0.1) is 0 Å². The predicted molar refractivity (Wildman–Crippen MR) is 39.8 cm³/mol. The van der Waals surface area contributed by atoms with Crippen LogP contribution < -0.4 is 0 Å². The fourth-order valence-corrected chi connectivity index (χ4v) is 0.331. The number of aliphatic imine (C=N–C) groups is 1. The quantitative estimate of drug-likeness (QED) is 0.417. The normalized spacial score (nSPS) is 12.6. The summed E-state index contributed by atoms with van der Waals surface area (Å²) in [5, 5.41) is 0. The summed E-state index contributed by atoms with van der Waals surface area (Å²) in [6, 6.07) is 0. The number of allylic oxidation sites excluding steroid dienone is 2. The summed E-state index contributed by atoms with van der Waals surface area (Å²) in [5.41, 5.74) is 0. The van der Waals surface area contributed by atoms with Crippen molar-refractivity contribution < 1.29 is 4.74 Å². The lowest BCUT2D eigenvalue weighted by molar-refractivity contribution is 0.294. The average molecular weight is 127 g/mol. The van der Waals surface area contributed by atoms with Gasteiger partial charge in [0.05, 0.1) is 12.9 Å². The van der Waals surface area contributed by atoms with Crippen LogP contribution in [0.15, 0.2) is 16.8 Å². The maximum Gasteiger partial charge on any atom is 0.0939 e. The van der Waals surface area contributed by atoms with Gasteiger partial charge in [0.25, 0.3) is 0 Å². The lowest BCUT2D eigenvalue weighted by atomic mass is 10.5. The SMILES string of the molecule is CCN=C/C=C(\C)OC. The lowest BCUT2D eigenvalue weighted by Crippen LogP contribution is -1.79. The molecule has 0 fully saturated rings. The molecule has 0 aliphatic heterocycles. The lowest BCUT2D eigenvalue weighted by Gasteiger charge is -1.92. The van der Waals surface area contributed by atoms with Crippen molar-refractivity contribution in [2.75, 3.05) is 13.7 Å². The van der Waals surface area contributed by atoms with Crippen molar-refractivity contribution in [2.24, 2.45) is 4.99 Å². The van der Waals surface area contributed by atoms with Gasteiger partial charge in [-0.2, -0.15) is 0 Å². The largest absolute Gasteiger partial charge is 0.501 e. The molecular weight excluding hydrogens is 114 g/mol. The van der Waals surface area contributed by atoms with Gasteiger partial charge < -0.3 is 4.74 Å². The molecule has 0 amide bonds. The molecule has 2 heteroatoms. The Morgan fingerprint density at radius 3 is 2.78 bits per heavy atom. The monoisotopic (exact) mass is 127 g/mol. The molecule has 0 aromatic heterocycles. The topological polar surface area (TPSA) is 21.6 Å². The highest BCUT2D eigenvalue weighted by atomic mass is 16.5. The zero-order chi connectivity index (χ0) is 7.11. The van der Waals surface area contributed by atoms with E-state index in [1.54, 1.807) is 13.3 Å². The van der Waals surface area contributed by atoms with E-state index in [0.717, 1.165) is 12.3 Å². The van der Waals surface area contributed by atoms with Gasteiger partial charge in [-0.1, -0.05) is 0 Å². The molecule has 0 saturated carbocycles. The van der Waals surface area contributed by atoms with Gasteiger partial charge in [0.15, 0.2) is 0 Å². The number of nitrogens with zero attached hydrogens (tertiary/aromatic N) is 1. The Bertz CT molecular complexity index is 116. The summed E-state index contributed by atoms with van der Waals surface area (Å²) in [5.74, 6) is 0.882. The fourth-order valence-electron chi connectivity index (χ4n) is 0.331. The minimum absolute atomic E-state index is 0.827. The first-order valence-corrected chi connectivity index (χ1v) is 3.02. The number of methoxy groups -OCH3 is 1. The third-order valence-electron chi connectivity index (χ3n) is 0.919. The van der Waals surface area contributed by atoms with Crippen LogP contribution in [-0.2, 0) is 4.74 Å². The molecule has 0 saturated heterocycles. The summed E-state index contributed by atoms with van der Waals surface area (Å²) in [4.78, 5) is 3.98. The molecule has 0 rings (SSSR count). The van der Waals surface area contributed by atoms with Crippen molar-refractivity contribution in [3.05, 3.63) is 11.8 Å². The average Bonchev–Trinajstić information content (AvgIpc) is 1.89. The van der Waals surface area contributed by atoms with Gasteiger partial charge in [0.2, 0.25) is 0 Å². The van der Waals surface area contributed by atoms with Crippen LogP contribution in [0.1, 0.15) is 13.8 Å². The van der Waals surface area contributed by atoms with Crippen molar-refractivity contribution in [3.8, 4) is 0 Å². The van der Waals surface area contributed by atoms with Gasteiger partial charge in [-0.25, -0.2) is 0 Å². The van der Waals surface area contributed by atoms with Crippen LogP contribution in [0.3, 0.4) is 0 Å². The maximum absolute atomic E-state index is 4.87. The first kappa shape index (κ1) is 8.21. The van der Waals surface area contributed by atoms with Gasteiger partial charge in [0.1, 0.15) is 0 Å². The molecule has 0 N–H and O–H groups in total. The van der Waals surface area contributed by atoms with Gasteiger partial charge in [0, 0.05) is 12.8 Å². The van der Waals surface area contributed by atoms with Crippen molar-refractivity contribution in [3.63, 3.8) is 0 Å². The van der Waals surface area contributed by atoms with Crippen LogP contribution >= 0.6 is 0 Å². The predicted octanol–water partition coefficient (Wildman–Crippen LogP) is 1.63. The van der Waals surface area contributed by atoms with E-state index in [9.17, 15) is 0 Å². The molecule has 2 nitrogen and oxygen atoms in total. The van der Waals surface area contributed by atoms with E-state index >= 15 is 0 Å². The van der Waals surface area contributed by atoms with Crippen molar-refractivity contribution in [1.29, 1.82) is 0 Å². The summed E-state index contributed by atoms with van der Waals surface area (Å²) in [6.45, 7) is 4.71. The molecule has 0 radical (unpaired) electrons. The van der Waals surface area contributed by atoms with Crippen molar-refractivity contribution >= 4 is 6.21 Å². The second-order valence-corrected chi connectivity index (χ2v) is 1.63. The highest BCUT2D eigenvalue weighted by Crippen LogP contribution is 1.87. The molecule has 0 unspecified atom stereocenters. The Balaban J connectivity index is 3.55. The second-order valence-electron chi connectivity index (χ2n) is 1.63. The second kappa shape index (κ2) is 5.35. The zero-order valence-corrected chi connectivity index (χ0v) is 6.22. The van der Waals surface area contributed by atoms with Gasteiger partial charge in [-0.05, 0) is 19.9 Å². The molecular formula is C7H13NO. The molecule has 0 aromatic carbocycles. The van der Waals surface area contributed by atoms with Gasteiger partial charge >= 0.3 is 0 Å². The van der Waals surface area contributed by atoms with E-state index in [1.807, 2.05) is 19.9 Å². The van der Waals surface area contributed by atoms with Gasteiger partial charge in [-0.3, -0.25) is 4.99 Å². The maximum atomic E-state index is 4.87. The highest BCUT2D eigenvalue weighted by molar-refractivity contribution is 5.71. The van der Waals surface area contributed by atoms with Crippen LogP contribution in [0.5, 0.6) is 0 Å².